The lowest BCUT2D eigenvalue weighted by Gasteiger charge is -2.08. The maximum atomic E-state index is 11.6. The lowest BCUT2D eigenvalue weighted by Crippen LogP contribution is -2.37. The third-order valence-electron chi connectivity index (χ3n) is 3.98. The van der Waals surface area contributed by atoms with E-state index in [1.165, 1.54) is 51.4 Å². The standard InChI is InChI=1S/C19H40N4O2/c1-3-5-7-9-11-20-13-15-22-18(24)17-19(25)23-16-14-21-12-10-8-6-4-2/h20-21H,3-17H2,1-2H3,(H,22,24)(H,23,25). The predicted octanol–water partition coefficient (Wildman–Crippen LogP) is 1.95. The normalized spacial score (nSPS) is 10.6. The van der Waals surface area contributed by atoms with Crippen molar-refractivity contribution in [1.29, 1.82) is 0 Å². The van der Waals surface area contributed by atoms with Gasteiger partial charge in [0.05, 0.1) is 0 Å². The zero-order valence-corrected chi connectivity index (χ0v) is 16.4. The molecule has 148 valence electrons. The van der Waals surface area contributed by atoms with Gasteiger partial charge >= 0.3 is 0 Å². The second-order valence-corrected chi connectivity index (χ2v) is 6.50. The van der Waals surface area contributed by atoms with Crippen molar-refractivity contribution in [2.24, 2.45) is 0 Å². The molecule has 0 aromatic heterocycles. The molecule has 0 fully saturated rings. The molecule has 0 aromatic carbocycles. The van der Waals surface area contributed by atoms with Gasteiger partial charge in [0.15, 0.2) is 0 Å². The minimum absolute atomic E-state index is 0.0903. The Labute approximate surface area is 154 Å². The summed E-state index contributed by atoms with van der Waals surface area (Å²) < 4.78 is 0. The van der Waals surface area contributed by atoms with Crippen molar-refractivity contribution in [3.8, 4) is 0 Å². The Kier molecular flexibility index (Phi) is 18.3. The van der Waals surface area contributed by atoms with Crippen LogP contribution in [0.15, 0.2) is 0 Å². The smallest absolute Gasteiger partial charge is 0.229 e. The van der Waals surface area contributed by atoms with Gasteiger partial charge in [-0.2, -0.15) is 0 Å². The van der Waals surface area contributed by atoms with Crippen LogP contribution in [0, 0.1) is 0 Å². The van der Waals surface area contributed by atoms with Crippen LogP contribution in [0.3, 0.4) is 0 Å². The summed E-state index contributed by atoms with van der Waals surface area (Å²) in [5, 5.41) is 12.1. The molecule has 0 radical (unpaired) electrons. The van der Waals surface area contributed by atoms with E-state index in [4.69, 9.17) is 0 Å². The highest BCUT2D eigenvalue weighted by atomic mass is 16.2. The van der Waals surface area contributed by atoms with E-state index < -0.39 is 0 Å². The van der Waals surface area contributed by atoms with E-state index in [0.717, 1.165) is 26.2 Å². The average Bonchev–Trinajstić information content (AvgIpc) is 2.59. The topological polar surface area (TPSA) is 82.3 Å². The summed E-state index contributed by atoms with van der Waals surface area (Å²) in [4.78, 5) is 23.3. The van der Waals surface area contributed by atoms with Gasteiger partial charge in [0.2, 0.25) is 11.8 Å². The summed E-state index contributed by atoms with van der Waals surface area (Å²) in [6.45, 7) is 9.01. The molecule has 0 aliphatic carbocycles. The fourth-order valence-electron chi connectivity index (χ4n) is 2.45. The van der Waals surface area contributed by atoms with Gasteiger partial charge in [0, 0.05) is 26.2 Å². The first-order valence-electron chi connectivity index (χ1n) is 10.2. The molecule has 0 unspecified atom stereocenters. The summed E-state index contributed by atoms with van der Waals surface area (Å²) in [5.74, 6) is -0.421. The van der Waals surface area contributed by atoms with Crippen LogP contribution >= 0.6 is 0 Å². The molecule has 0 saturated heterocycles. The summed E-state index contributed by atoms with van der Waals surface area (Å²) in [6.07, 6.45) is 9.82. The van der Waals surface area contributed by atoms with E-state index in [2.05, 4.69) is 35.1 Å². The van der Waals surface area contributed by atoms with E-state index >= 15 is 0 Å². The van der Waals surface area contributed by atoms with Gasteiger partial charge < -0.3 is 21.3 Å². The zero-order valence-electron chi connectivity index (χ0n) is 16.4. The van der Waals surface area contributed by atoms with Gasteiger partial charge in [-0.15, -0.1) is 0 Å². The molecule has 0 spiro atoms. The molecule has 0 atom stereocenters. The number of amides is 2. The molecule has 0 aliphatic rings. The molecule has 4 N–H and O–H groups in total. The van der Waals surface area contributed by atoms with Crippen molar-refractivity contribution in [3.63, 3.8) is 0 Å². The van der Waals surface area contributed by atoms with E-state index in [9.17, 15) is 9.59 Å². The summed E-state index contributed by atoms with van der Waals surface area (Å²) in [7, 11) is 0. The quantitative estimate of drug-likeness (QED) is 0.223. The van der Waals surface area contributed by atoms with E-state index in [-0.39, 0.29) is 18.2 Å². The Morgan fingerprint density at radius 3 is 1.40 bits per heavy atom. The minimum atomic E-state index is -0.210. The number of nitrogens with one attached hydrogen (secondary N) is 4. The van der Waals surface area contributed by atoms with Crippen LogP contribution < -0.4 is 21.3 Å². The lowest BCUT2D eigenvalue weighted by atomic mass is 10.2. The van der Waals surface area contributed by atoms with Gasteiger partial charge in [0.25, 0.3) is 0 Å². The van der Waals surface area contributed by atoms with Crippen LogP contribution in [-0.4, -0.2) is 51.1 Å². The summed E-state index contributed by atoms with van der Waals surface area (Å²) in [6, 6.07) is 0. The Hall–Kier alpha value is -1.14. The minimum Gasteiger partial charge on any atom is -0.354 e. The molecule has 0 aliphatic heterocycles. The van der Waals surface area contributed by atoms with E-state index in [0.29, 0.717) is 13.1 Å². The van der Waals surface area contributed by atoms with Gasteiger partial charge in [-0.05, 0) is 25.9 Å². The molecule has 6 nitrogen and oxygen atoms in total. The van der Waals surface area contributed by atoms with E-state index in [1.807, 2.05) is 0 Å². The molecule has 0 saturated carbocycles. The number of rotatable bonds is 18. The van der Waals surface area contributed by atoms with Gasteiger partial charge in [-0.1, -0.05) is 52.4 Å². The Morgan fingerprint density at radius 2 is 1.00 bits per heavy atom. The highest BCUT2D eigenvalue weighted by Crippen LogP contribution is 1.97. The second-order valence-electron chi connectivity index (χ2n) is 6.50. The van der Waals surface area contributed by atoms with Crippen LogP contribution in [0.25, 0.3) is 0 Å². The molecule has 25 heavy (non-hydrogen) atoms. The third kappa shape index (κ3) is 19.0. The molecule has 0 heterocycles. The van der Waals surface area contributed by atoms with Crippen molar-refractivity contribution in [1.82, 2.24) is 21.3 Å². The highest BCUT2D eigenvalue weighted by molar-refractivity contribution is 5.96. The van der Waals surface area contributed by atoms with Crippen LogP contribution in [0.2, 0.25) is 0 Å². The van der Waals surface area contributed by atoms with Gasteiger partial charge in [-0.25, -0.2) is 0 Å². The fraction of sp³-hybridized carbons (Fsp3) is 0.895. The van der Waals surface area contributed by atoms with Crippen molar-refractivity contribution in [2.75, 3.05) is 39.3 Å². The first-order chi connectivity index (χ1) is 12.2. The van der Waals surface area contributed by atoms with Gasteiger partial charge in [-0.3, -0.25) is 9.59 Å². The number of carbonyl (C=O) groups is 2. The number of hydrogen-bond donors (Lipinski definition) is 4. The van der Waals surface area contributed by atoms with Crippen molar-refractivity contribution >= 4 is 11.8 Å². The Balaban J connectivity index is 3.34. The molecule has 0 rings (SSSR count). The van der Waals surface area contributed by atoms with Crippen LogP contribution in [-0.2, 0) is 9.59 Å². The van der Waals surface area contributed by atoms with Crippen molar-refractivity contribution in [3.05, 3.63) is 0 Å². The molecular weight excluding hydrogens is 316 g/mol. The molecule has 0 bridgehead atoms. The predicted molar refractivity (Wildman–Crippen MR) is 105 cm³/mol. The van der Waals surface area contributed by atoms with Crippen molar-refractivity contribution in [2.45, 2.75) is 71.6 Å². The third-order valence-corrected chi connectivity index (χ3v) is 3.98. The first kappa shape index (κ1) is 23.9. The average molecular weight is 357 g/mol. The van der Waals surface area contributed by atoms with Crippen LogP contribution in [0.5, 0.6) is 0 Å². The van der Waals surface area contributed by atoms with Gasteiger partial charge in [0.1, 0.15) is 6.42 Å². The molecule has 6 heteroatoms. The number of hydrogen-bond acceptors (Lipinski definition) is 4. The Bertz CT molecular complexity index is 295. The maximum Gasteiger partial charge on any atom is 0.229 e. The monoisotopic (exact) mass is 356 g/mol. The largest absolute Gasteiger partial charge is 0.354 e. The summed E-state index contributed by atoms with van der Waals surface area (Å²) in [5.41, 5.74) is 0. The van der Waals surface area contributed by atoms with Crippen molar-refractivity contribution < 1.29 is 9.59 Å². The molecule has 0 aromatic rings. The Morgan fingerprint density at radius 1 is 0.560 bits per heavy atom. The van der Waals surface area contributed by atoms with Crippen LogP contribution in [0.4, 0.5) is 0 Å². The highest BCUT2D eigenvalue weighted by Gasteiger charge is 2.07. The molecule has 2 amide bonds. The maximum absolute atomic E-state index is 11.6. The SMILES string of the molecule is CCCCCCNCCNC(=O)CC(=O)NCCNCCCCCC. The van der Waals surface area contributed by atoms with E-state index in [1.54, 1.807) is 0 Å². The number of carbonyl (C=O) groups excluding carboxylic acids is 2. The second kappa shape index (κ2) is 19.2. The van der Waals surface area contributed by atoms with Crippen LogP contribution in [0.1, 0.15) is 71.6 Å². The zero-order chi connectivity index (χ0) is 18.6. The fourth-order valence-corrected chi connectivity index (χ4v) is 2.45. The summed E-state index contributed by atoms with van der Waals surface area (Å²) >= 11 is 0. The lowest BCUT2D eigenvalue weighted by molar-refractivity contribution is -0.129. The number of unbranched alkanes of at least 4 members (excludes halogenated alkanes) is 6. The first-order valence-corrected chi connectivity index (χ1v) is 10.2. The molecular formula is C19H40N4O2.